The van der Waals surface area contributed by atoms with Crippen LogP contribution in [0.2, 0.25) is 0 Å². The lowest BCUT2D eigenvalue weighted by Gasteiger charge is -2.18. The summed E-state index contributed by atoms with van der Waals surface area (Å²) >= 11 is 0. The summed E-state index contributed by atoms with van der Waals surface area (Å²) in [6.45, 7) is 2.38. The van der Waals surface area contributed by atoms with Gasteiger partial charge in [-0.05, 0) is 31.0 Å². The van der Waals surface area contributed by atoms with Gasteiger partial charge in [0, 0.05) is 36.9 Å². The highest BCUT2D eigenvalue weighted by Crippen LogP contribution is 2.22. The molecule has 2 heterocycles. The Bertz CT molecular complexity index is 456. The molecule has 0 atom stereocenters. The smallest absolute Gasteiger partial charge is 0.0991 e. The topological polar surface area (TPSA) is 21.1 Å². The van der Waals surface area contributed by atoms with Crippen molar-refractivity contribution in [3.63, 3.8) is 0 Å². The lowest BCUT2D eigenvalue weighted by atomic mass is 10.2. The molecular formula is C13H15N3. The molecule has 1 aliphatic heterocycles. The molecule has 0 amide bonds. The summed E-state index contributed by atoms with van der Waals surface area (Å²) < 4.78 is 2.04. The van der Waals surface area contributed by atoms with Crippen LogP contribution in [-0.2, 0) is 0 Å². The molecule has 1 aromatic heterocycles. The SMILES string of the molecule is c1cc(N2CCCC2)cc(-n2ccnc2)c1. The van der Waals surface area contributed by atoms with Crippen LogP contribution in [0.5, 0.6) is 0 Å². The van der Waals surface area contributed by atoms with Gasteiger partial charge in [-0.25, -0.2) is 4.98 Å². The molecule has 0 unspecified atom stereocenters. The number of hydrogen-bond acceptors (Lipinski definition) is 2. The van der Waals surface area contributed by atoms with Crippen LogP contribution < -0.4 is 4.90 Å². The van der Waals surface area contributed by atoms with E-state index < -0.39 is 0 Å². The maximum atomic E-state index is 4.08. The van der Waals surface area contributed by atoms with Gasteiger partial charge in [0.2, 0.25) is 0 Å². The van der Waals surface area contributed by atoms with Crippen molar-refractivity contribution in [2.45, 2.75) is 12.8 Å². The summed E-state index contributed by atoms with van der Waals surface area (Å²) in [6, 6.07) is 8.64. The van der Waals surface area contributed by atoms with Crippen molar-refractivity contribution < 1.29 is 0 Å². The predicted octanol–water partition coefficient (Wildman–Crippen LogP) is 2.47. The maximum Gasteiger partial charge on any atom is 0.0991 e. The number of imidazole rings is 1. The Hall–Kier alpha value is -1.77. The third-order valence-electron chi connectivity index (χ3n) is 3.10. The second kappa shape index (κ2) is 4.00. The zero-order chi connectivity index (χ0) is 10.8. The van der Waals surface area contributed by atoms with E-state index in [0.717, 1.165) is 0 Å². The monoisotopic (exact) mass is 213 g/mol. The van der Waals surface area contributed by atoms with Crippen LogP contribution in [0.1, 0.15) is 12.8 Å². The van der Waals surface area contributed by atoms with Crippen molar-refractivity contribution in [1.82, 2.24) is 9.55 Å². The molecule has 3 nitrogen and oxygen atoms in total. The van der Waals surface area contributed by atoms with Crippen molar-refractivity contribution in [3.8, 4) is 5.69 Å². The molecule has 0 bridgehead atoms. The zero-order valence-electron chi connectivity index (χ0n) is 9.21. The fourth-order valence-corrected chi connectivity index (χ4v) is 2.24. The van der Waals surface area contributed by atoms with E-state index in [1.807, 2.05) is 23.3 Å². The Kier molecular flexibility index (Phi) is 2.37. The lowest BCUT2D eigenvalue weighted by Crippen LogP contribution is -2.17. The molecule has 0 aliphatic carbocycles. The predicted molar refractivity (Wildman–Crippen MR) is 65.0 cm³/mol. The van der Waals surface area contributed by atoms with Crippen LogP contribution in [0.25, 0.3) is 5.69 Å². The van der Waals surface area contributed by atoms with Crippen LogP contribution in [0.15, 0.2) is 43.0 Å². The number of aromatic nitrogens is 2. The average molecular weight is 213 g/mol. The highest BCUT2D eigenvalue weighted by atomic mass is 15.1. The van der Waals surface area contributed by atoms with Crippen LogP contribution in [0.4, 0.5) is 5.69 Å². The summed E-state index contributed by atoms with van der Waals surface area (Å²) in [7, 11) is 0. The molecule has 0 radical (unpaired) electrons. The molecule has 1 aliphatic rings. The standard InChI is InChI=1S/C13H15N3/c1-2-8-15(7-1)12-4-3-5-13(10-12)16-9-6-14-11-16/h3-6,9-11H,1-2,7-8H2. The second-order valence-electron chi connectivity index (χ2n) is 4.18. The zero-order valence-corrected chi connectivity index (χ0v) is 9.21. The molecule has 2 aromatic rings. The summed E-state index contributed by atoms with van der Waals surface area (Å²) in [5.74, 6) is 0. The average Bonchev–Trinajstić information content (AvgIpc) is 3.03. The van der Waals surface area contributed by atoms with Crippen LogP contribution in [-0.4, -0.2) is 22.6 Å². The summed E-state index contributed by atoms with van der Waals surface area (Å²) in [5.41, 5.74) is 2.51. The number of nitrogens with zero attached hydrogens (tertiary/aromatic N) is 3. The minimum atomic E-state index is 1.18. The third-order valence-corrected chi connectivity index (χ3v) is 3.10. The summed E-state index contributed by atoms with van der Waals surface area (Å²) in [6.07, 6.45) is 8.25. The van der Waals surface area contributed by atoms with E-state index in [2.05, 4.69) is 34.1 Å². The molecule has 1 fully saturated rings. The Morgan fingerprint density at radius 1 is 1.06 bits per heavy atom. The minimum Gasteiger partial charge on any atom is -0.371 e. The van der Waals surface area contributed by atoms with Gasteiger partial charge in [0.1, 0.15) is 0 Å². The molecule has 1 aromatic carbocycles. The van der Waals surface area contributed by atoms with Crippen LogP contribution in [0, 0.1) is 0 Å². The Balaban J connectivity index is 1.93. The fraction of sp³-hybridized carbons (Fsp3) is 0.308. The quantitative estimate of drug-likeness (QED) is 0.764. The van der Waals surface area contributed by atoms with E-state index >= 15 is 0 Å². The van der Waals surface area contributed by atoms with E-state index in [-0.39, 0.29) is 0 Å². The van der Waals surface area contributed by atoms with Gasteiger partial charge in [-0.2, -0.15) is 0 Å². The number of anilines is 1. The molecule has 0 spiro atoms. The third kappa shape index (κ3) is 1.69. The second-order valence-corrected chi connectivity index (χ2v) is 4.18. The maximum absolute atomic E-state index is 4.08. The van der Waals surface area contributed by atoms with E-state index in [4.69, 9.17) is 0 Å². The largest absolute Gasteiger partial charge is 0.371 e. The fourth-order valence-electron chi connectivity index (χ4n) is 2.24. The summed E-state index contributed by atoms with van der Waals surface area (Å²) in [5, 5.41) is 0. The van der Waals surface area contributed by atoms with Gasteiger partial charge < -0.3 is 9.47 Å². The number of benzene rings is 1. The van der Waals surface area contributed by atoms with Crippen LogP contribution >= 0.6 is 0 Å². The minimum absolute atomic E-state index is 1.18. The number of hydrogen-bond donors (Lipinski definition) is 0. The molecule has 82 valence electrons. The highest BCUT2D eigenvalue weighted by molar-refractivity contribution is 5.53. The van der Waals surface area contributed by atoms with Gasteiger partial charge in [-0.1, -0.05) is 6.07 Å². The van der Waals surface area contributed by atoms with Gasteiger partial charge in [-0.3, -0.25) is 0 Å². The van der Waals surface area contributed by atoms with Crippen molar-refractivity contribution in [3.05, 3.63) is 43.0 Å². The van der Waals surface area contributed by atoms with Gasteiger partial charge in [0.05, 0.1) is 6.33 Å². The van der Waals surface area contributed by atoms with Crippen molar-refractivity contribution >= 4 is 5.69 Å². The van der Waals surface area contributed by atoms with Crippen molar-refractivity contribution in [2.24, 2.45) is 0 Å². The van der Waals surface area contributed by atoms with Gasteiger partial charge in [0.15, 0.2) is 0 Å². The van der Waals surface area contributed by atoms with Gasteiger partial charge in [-0.15, -0.1) is 0 Å². The summed E-state index contributed by atoms with van der Waals surface area (Å²) in [4.78, 5) is 6.52. The van der Waals surface area contributed by atoms with Gasteiger partial charge in [0.25, 0.3) is 0 Å². The Morgan fingerprint density at radius 2 is 1.88 bits per heavy atom. The molecule has 1 saturated heterocycles. The van der Waals surface area contributed by atoms with Crippen molar-refractivity contribution in [1.29, 1.82) is 0 Å². The first-order valence-electron chi connectivity index (χ1n) is 5.77. The molecule has 3 rings (SSSR count). The lowest BCUT2D eigenvalue weighted by molar-refractivity contribution is 0.949. The van der Waals surface area contributed by atoms with E-state index in [0.29, 0.717) is 0 Å². The molecule has 0 saturated carbocycles. The first kappa shape index (κ1) is 9.46. The Labute approximate surface area is 95.3 Å². The van der Waals surface area contributed by atoms with Gasteiger partial charge >= 0.3 is 0 Å². The van der Waals surface area contributed by atoms with Crippen molar-refractivity contribution in [2.75, 3.05) is 18.0 Å². The number of rotatable bonds is 2. The molecule has 16 heavy (non-hydrogen) atoms. The van der Waals surface area contributed by atoms with Crippen LogP contribution in [0.3, 0.4) is 0 Å². The molecule has 0 N–H and O–H groups in total. The van der Waals surface area contributed by atoms with E-state index in [9.17, 15) is 0 Å². The highest BCUT2D eigenvalue weighted by Gasteiger charge is 2.12. The first-order chi connectivity index (χ1) is 7.93. The Morgan fingerprint density at radius 3 is 2.62 bits per heavy atom. The normalized spacial score (nSPS) is 15.6. The van der Waals surface area contributed by atoms with E-state index in [1.165, 1.54) is 37.3 Å². The molecule has 3 heteroatoms. The first-order valence-corrected chi connectivity index (χ1v) is 5.77. The molecular weight excluding hydrogens is 198 g/mol. The van der Waals surface area contributed by atoms with E-state index in [1.54, 1.807) is 0 Å².